The Morgan fingerprint density at radius 1 is 1.12 bits per heavy atom. The van der Waals surface area contributed by atoms with E-state index < -0.39 is 0 Å². The fraction of sp³-hybridized carbons (Fsp3) is 0.600. The quantitative estimate of drug-likeness (QED) is 0.699. The Morgan fingerprint density at radius 3 is 2.35 bits per heavy atom. The van der Waals surface area contributed by atoms with Gasteiger partial charge in [0.05, 0.1) is 12.7 Å². The number of likely N-dealkylation sites (N-methyl/N-ethyl adjacent to an activating group) is 1. The number of ether oxygens (including phenoxy) is 1. The van der Waals surface area contributed by atoms with Crippen molar-refractivity contribution < 1.29 is 4.74 Å². The third-order valence-electron chi connectivity index (χ3n) is 2.97. The van der Waals surface area contributed by atoms with Crippen molar-refractivity contribution in [3.8, 4) is 0 Å². The number of rotatable bonds is 8. The van der Waals surface area contributed by atoms with Gasteiger partial charge in [-0.3, -0.25) is 0 Å². The highest BCUT2D eigenvalue weighted by atomic mass is 16.5. The molecule has 1 unspecified atom stereocenters. The first-order valence-corrected chi connectivity index (χ1v) is 6.66. The molecule has 2 nitrogen and oxygen atoms in total. The van der Waals surface area contributed by atoms with E-state index in [0.717, 1.165) is 32.5 Å². The fourth-order valence-corrected chi connectivity index (χ4v) is 1.57. The van der Waals surface area contributed by atoms with Crippen LogP contribution in [-0.4, -0.2) is 19.2 Å². The van der Waals surface area contributed by atoms with E-state index in [0.29, 0.717) is 6.10 Å². The second-order valence-corrected chi connectivity index (χ2v) is 4.45. The highest BCUT2D eigenvalue weighted by Crippen LogP contribution is 2.08. The van der Waals surface area contributed by atoms with Gasteiger partial charge in [-0.25, -0.2) is 0 Å². The van der Waals surface area contributed by atoms with Crippen molar-refractivity contribution in [1.82, 2.24) is 5.32 Å². The van der Waals surface area contributed by atoms with Crippen LogP contribution in [0, 0.1) is 0 Å². The summed E-state index contributed by atoms with van der Waals surface area (Å²) in [6.07, 6.45) is 2.52. The zero-order valence-corrected chi connectivity index (χ0v) is 11.3. The summed E-state index contributed by atoms with van der Waals surface area (Å²) < 4.78 is 5.70. The fourth-order valence-electron chi connectivity index (χ4n) is 1.57. The van der Waals surface area contributed by atoms with Crippen LogP contribution in [-0.2, 0) is 17.8 Å². The third-order valence-corrected chi connectivity index (χ3v) is 2.97. The van der Waals surface area contributed by atoms with Crippen molar-refractivity contribution >= 4 is 0 Å². The lowest BCUT2D eigenvalue weighted by Crippen LogP contribution is -2.16. The van der Waals surface area contributed by atoms with Crippen LogP contribution < -0.4 is 5.32 Å². The standard InChI is InChI=1S/C15H25NO/c1-4-13(3)17-12-15-8-6-14(7-9-15)10-11-16-5-2/h6-9,13,16H,4-5,10-12H2,1-3H3. The number of hydrogen-bond donors (Lipinski definition) is 1. The molecule has 1 N–H and O–H groups in total. The first kappa shape index (κ1) is 14.2. The number of benzene rings is 1. The molecule has 0 saturated heterocycles. The van der Waals surface area contributed by atoms with Crippen molar-refractivity contribution in [3.05, 3.63) is 35.4 Å². The minimum Gasteiger partial charge on any atom is -0.374 e. The lowest BCUT2D eigenvalue weighted by molar-refractivity contribution is 0.0508. The molecule has 0 amide bonds. The summed E-state index contributed by atoms with van der Waals surface area (Å²) in [5.74, 6) is 0. The van der Waals surface area contributed by atoms with E-state index in [4.69, 9.17) is 4.74 Å². The van der Waals surface area contributed by atoms with E-state index in [1.54, 1.807) is 0 Å². The largest absolute Gasteiger partial charge is 0.374 e. The Hall–Kier alpha value is -0.860. The van der Waals surface area contributed by atoms with E-state index in [1.807, 2.05) is 0 Å². The van der Waals surface area contributed by atoms with Gasteiger partial charge in [0.15, 0.2) is 0 Å². The van der Waals surface area contributed by atoms with Crippen molar-refractivity contribution in [2.45, 2.75) is 46.3 Å². The zero-order valence-electron chi connectivity index (χ0n) is 11.3. The number of nitrogens with one attached hydrogen (secondary N) is 1. The minimum absolute atomic E-state index is 0.350. The zero-order chi connectivity index (χ0) is 12.5. The van der Waals surface area contributed by atoms with E-state index in [9.17, 15) is 0 Å². The summed E-state index contributed by atoms with van der Waals surface area (Å²) in [5, 5.41) is 3.33. The van der Waals surface area contributed by atoms with Crippen LogP contribution in [0.25, 0.3) is 0 Å². The van der Waals surface area contributed by atoms with Gasteiger partial charge in [-0.1, -0.05) is 38.1 Å². The average molecular weight is 235 g/mol. The smallest absolute Gasteiger partial charge is 0.0720 e. The molecule has 1 rings (SSSR count). The van der Waals surface area contributed by atoms with Gasteiger partial charge < -0.3 is 10.1 Å². The first-order chi connectivity index (χ1) is 8.26. The van der Waals surface area contributed by atoms with Gasteiger partial charge in [-0.15, -0.1) is 0 Å². The van der Waals surface area contributed by atoms with Crippen LogP contribution >= 0.6 is 0 Å². The summed E-state index contributed by atoms with van der Waals surface area (Å²) >= 11 is 0. The predicted molar refractivity (Wildman–Crippen MR) is 73.2 cm³/mol. The molecule has 0 saturated carbocycles. The third kappa shape index (κ3) is 5.85. The molecule has 1 atom stereocenters. The molecule has 0 aliphatic rings. The normalized spacial score (nSPS) is 12.6. The van der Waals surface area contributed by atoms with Crippen molar-refractivity contribution in [1.29, 1.82) is 0 Å². The Balaban J connectivity index is 2.34. The van der Waals surface area contributed by atoms with Crippen molar-refractivity contribution in [3.63, 3.8) is 0 Å². The van der Waals surface area contributed by atoms with Gasteiger partial charge in [-0.2, -0.15) is 0 Å². The lowest BCUT2D eigenvalue weighted by Gasteiger charge is -2.10. The van der Waals surface area contributed by atoms with Gasteiger partial charge in [-0.05, 0) is 44.0 Å². The highest BCUT2D eigenvalue weighted by Gasteiger charge is 1.99. The molecular weight excluding hydrogens is 210 g/mol. The van der Waals surface area contributed by atoms with Gasteiger partial charge in [0, 0.05) is 0 Å². The summed E-state index contributed by atoms with van der Waals surface area (Å²) in [6, 6.07) is 8.74. The summed E-state index contributed by atoms with van der Waals surface area (Å²) in [7, 11) is 0. The monoisotopic (exact) mass is 235 g/mol. The predicted octanol–water partition coefficient (Wildman–Crippen LogP) is 3.15. The molecule has 0 aromatic heterocycles. The second-order valence-electron chi connectivity index (χ2n) is 4.45. The molecular formula is C15H25NO. The van der Waals surface area contributed by atoms with E-state index in [2.05, 4.69) is 50.4 Å². The molecule has 0 aliphatic heterocycles. The molecule has 0 spiro atoms. The molecule has 0 radical (unpaired) electrons. The van der Waals surface area contributed by atoms with Crippen molar-refractivity contribution in [2.24, 2.45) is 0 Å². The summed E-state index contributed by atoms with van der Waals surface area (Å²) in [4.78, 5) is 0. The molecule has 1 aromatic rings. The minimum atomic E-state index is 0.350. The topological polar surface area (TPSA) is 21.3 Å². The highest BCUT2D eigenvalue weighted by molar-refractivity contribution is 5.22. The Bertz CT molecular complexity index is 294. The molecule has 96 valence electrons. The van der Waals surface area contributed by atoms with Crippen LogP contribution in [0.15, 0.2) is 24.3 Å². The molecule has 0 aliphatic carbocycles. The van der Waals surface area contributed by atoms with Gasteiger partial charge in [0.25, 0.3) is 0 Å². The van der Waals surface area contributed by atoms with Crippen LogP contribution in [0.5, 0.6) is 0 Å². The molecule has 17 heavy (non-hydrogen) atoms. The second kappa shape index (κ2) is 8.26. The summed E-state index contributed by atoms with van der Waals surface area (Å²) in [6.45, 7) is 9.22. The van der Waals surface area contributed by atoms with Crippen LogP contribution in [0.4, 0.5) is 0 Å². The Morgan fingerprint density at radius 2 is 1.76 bits per heavy atom. The average Bonchev–Trinajstić information content (AvgIpc) is 2.37. The lowest BCUT2D eigenvalue weighted by atomic mass is 10.1. The number of hydrogen-bond acceptors (Lipinski definition) is 2. The molecule has 0 fully saturated rings. The molecule has 2 heteroatoms. The van der Waals surface area contributed by atoms with Gasteiger partial charge >= 0.3 is 0 Å². The molecule has 0 heterocycles. The maximum Gasteiger partial charge on any atom is 0.0720 e. The van der Waals surface area contributed by atoms with E-state index in [1.165, 1.54) is 11.1 Å². The summed E-state index contributed by atoms with van der Waals surface area (Å²) in [5.41, 5.74) is 2.65. The van der Waals surface area contributed by atoms with Crippen LogP contribution in [0.3, 0.4) is 0 Å². The van der Waals surface area contributed by atoms with Crippen LogP contribution in [0.1, 0.15) is 38.3 Å². The van der Waals surface area contributed by atoms with Crippen LogP contribution in [0.2, 0.25) is 0 Å². The van der Waals surface area contributed by atoms with E-state index >= 15 is 0 Å². The van der Waals surface area contributed by atoms with Gasteiger partial charge in [0.2, 0.25) is 0 Å². The Kier molecular flexibility index (Phi) is 6.90. The van der Waals surface area contributed by atoms with Gasteiger partial charge in [0.1, 0.15) is 0 Å². The maximum atomic E-state index is 5.70. The Labute approximate surface area is 105 Å². The molecule has 0 bridgehead atoms. The van der Waals surface area contributed by atoms with E-state index in [-0.39, 0.29) is 0 Å². The molecule has 1 aromatic carbocycles. The SMILES string of the molecule is CCNCCc1ccc(COC(C)CC)cc1. The maximum absolute atomic E-state index is 5.70. The first-order valence-electron chi connectivity index (χ1n) is 6.66. The van der Waals surface area contributed by atoms with Crippen molar-refractivity contribution in [2.75, 3.05) is 13.1 Å².